The highest BCUT2D eigenvalue weighted by atomic mass is 16.6. The van der Waals surface area contributed by atoms with Crippen LogP contribution in [0.2, 0.25) is 0 Å². The van der Waals surface area contributed by atoms with Gasteiger partial charge in [0.15, 0.2) is 0 Å². The predicted octanol–water partition coefficient (Wildman–Crippen LogP) is 2.35. The minimum absolute atomic E-state index is 0.156. The zero-order chi connectivity index (χ0) is 10.4. The number of hydrogen-bond donors (Lipinski definition) is 1. The van der Waals surface area contributed by atoms with Crippen molar-refractivity contribution >= 4 is 16.6 Å². The van der Waals surface area contributed by atoms with Crippen LogP contribution in [0.15, 0.2) is 18.2 Å². The van der Waals surface area contributed by atoms with E-state index in [0.717, 1.165) is 18.5 Å². The maximum atomic E-state index is 10.9. The quantitative estimate of drug-likeness (QED) is 0.601. The SMILES string of the molecule is O=[N+]([O-])c1cccc2n[nH]c(C3CC3)c12. The first-order valence-electron chi connectivity index (χ1n) is 4.89. The molecular weight excluding hydrogens is 194 g/mol. The van der Waals surface area contributed by atoms with Crippen LogP contribution in [0.3, 0.4) is 0 Å². The lowest BCUT2D eigenvalue weighted by Gasteiger charge is -1.95. The molecule has 5 heteroatoms. The number of rotatable bonds is 2. The van der Waals surface area contributed by atoms with Crippen molar-refractivity contribution in [2.24, 2.45) is 0 Å². The Kier molecular flexibility index (Phi) is 1.56. The van der Waals surface area contributed by atoms with Crippen LogP contribution >= 0.6 is 0 Å². The zero-order valence-corrected chi connectivity index (χ0v) is 7.93. The van der Waals surface area contributed by atoms with Gasteiger partial charge in [0.25, 0.3) is 5.69 Å². The summed E-state index contributed by atoms with van der Waals surface area (Å²) in [7, 11) is 0. The van der Waals surface area contributed by atoms with Crippen molar-refractivity contribution in [1.82, 2.24) is 10.2 Å². The molecular formula is C10H9N3O2. The van der Waals surface area contributed by atoms with Gasteiger partial charge in [-0.1, -0.05) is 6.07 Å². The third kappa shape index (κ3) is 1.20. The number of nitro benzene ring substituents is 1. The smallest absolute Gasteiger partial charge is 0.280 e. The van der Waals surface area contributed by atoms with Gasteiger partial charge >= 0.3 is 0 Å². The van der Waals surface area contributed by atoms with E-state index in [1.165, 1.54) is 6.07 Å². The third-order valence-electron chi connectivity index (χ3n) is 2.77. The van der Waals surface area contributed by atoms with Gasteiger partial charge in [-0.25, -0.2) is 0 Å². The Hall–Kier alpha value is -1.91. The molecule has 15 heavy (non-hydrogen) atoms. The van der Waals surface area contributed by atoms with Crippen molar-refractivity contribution in [2.75, 3.05) is 0 Å². The summed E-state index contributed by atoms with van der Waals surface area (Å²) in [5.74, 6) is 0.441. The molecule has 3 rings (SSSR count). The molecule has 0 amide bonds. The number of nitrogens with one attached hydrogen (secondary N) is 1. The van der Waals surface area contributed by atoms with Gasteiger partial charge in [0.1, 0.15) is 5.39 Å². The fraction of sp³-hybridized carbons (Fsp3) is 0.300. The fourth-order valence-corrected chi connectivity index (χ4v) is 1.89. The van der Waals surface area contributed by atoms with Gasteiger partial charge < -0.3 is 0 Å². The first-order chi connectivity index (χ1) is 7.27. The molecule has 0 saturated heterocycles. The molecule has 1 aliphatic carbocycles. The molecule has 0 atom stereocenters. The van der Waals surface area contributed by atoms with E-state index in [9.17, 15) is 10.1 Å². The van der Waals surface area contributed by atoms with Crippen LogP contribution in [0.25, 0.3) is 10.9 Å². The molecule has 1 aromatic heterocycles. The number of fused-ring (bicyclic) bond motifs is 1. The molecule has 1 fully saturated rings. The summed E-state index contributed by atoms with van der Waals surface area (Å²) < 4.78 is 0. The van der Waals surface area contributed by atoms with E-state index in [4.69, 9.17) is 0 Å². The van der Waals surface area contributed by atoms with Crippen LogP contribution in [0, 0.1) is 10.1 Å². The molecule has 5 nitrogen and oxygen atoms in total. The lowest BCUT2D eigenvalue weighted by molar-refractivity contribution is -0.383. The van der Waals surface area contributed by atoms with Crippen LogP contribution in [-0.2, 0) is 0 Å². The van der Waals surface area contributed by atoms with E-state index in [2.05, 4.69) is 10.2 Å². The second-order valence-electron chi connectivity index (χ2n) is 3.84. The standard InChI is InChI=1S/C10H9N3O2/c14-13(15)8-3-1-2-7-9(8)10(12-11-7)6-4-5-6/h1-3,6H,4-5H2,(H,11,12). The summed E-state index contributed by atoms with van der Waals surface area (Å²) in [6.07, 6.45) is 2.20. The van der Waals surface area contributed by atoms with Crippen LogP contribution in [-0.4, -0.2) is 15.1 Å². The van der Waals surface area contributed by atoms with Crippen molar-refractivity contribution in [2.45, 2.75) is 18.8 Å². The minimum Gasteiger partial charge on any atom is -0.281 e. The number of aromatic nitrogens is 2. The highest BCUT2D eigenvalue weighted by Crippen LogP contribution is 2.43. The molecule has 1 aromatic carbocycles. The number of aromatic amines is 1. The maximum Gasteiger partial charge on any atom is 0.280 e. The van der Waals surface area contributed by atoms with Crippen LogP contribution in [0.1, 0.15) is 24.5 Å². The number of nitro groups is 1. The largest absolute Gasteiger partial charge is 0.281 e. The van der Waals surface area contributed by atoms with Gasteiger partial charge in [0.05, 0.1) is 16.1 Å². The number of non-ortho nitro benzene ring substituents is 1. The average molecular weight is 203 g/mol. The average Bonchev–Trinajstić information content (AvgIpc) is 2.97. The van der Waals surface area contributed by atoms with E-state index in [1.807, 2.05) is 0 Å². The van der Waals surface area contributed by atoms with Crippen molar-refractivity contribution in [3.8, 4) is 0 Å². The van der Waals surface area contributed by atoms with E-state index in [1.54, 1.807) is 12.1 Å². The van der Waals surface area contributed by atoms with Crippen LogP contribution in [0.5, 0.6) is 0 Å². The predicted molar refractivity (Wildman–Crippen MR) is 54.7 cm³/mol. The second-order valence-corrected chi connectivity index (χ2v) is 3.84. The summed E-state index contributed by atoms with van der Waals surface area (Å²) >= 11 is 0. The van der Waals surface area contributed by atoms with E-state index in [-0.39, 0.29) is 10.6 Å². The lowest BCUT2D eigenvalue weighted by Crippen LogP contribution is -1.90. The Morgan fingerprint density at radius 3 is 2.93 bits per heavy atom. The van der Waals surface area contributed by atoms with Crippen LogP contribution < -0.4 is 0 Å². The molecule has 1 aliphatic rings. The van der Waals surface area contributed by atoms with E-state index < -0.39 is 0 Å². The Morgan fingerprint density at radius 2 is 2.27 bits per heavy atom. The van der Waals surface area contributed by atoms with E-state index >= 15 is 0 Å². The van der Waals surface area contributed by atoms with Crippen molar-refractivity contribution in [3.05, 3.63) is 34.0 Å². The molecule has 0 unspecified atom stereocenters. The normalized spacial score (nSPS) is 15.7. The molecule has 1 N–H and O–H groups in total. The summed E-state index contributed by atoms with van der Waals surface area (Å²) in [6, 6.07) is 4.99. The van der Waals surface area contributed by atoms with Gasteiger partial charge in [-0.2, -0.15) is 5.10 Å². The monoisotopic (exact) mass is 203 g/mol. The third-order valence-corrected chi connectivity index (χ3v) is 2.77. The Bertz CT molecular complexity index is 543. The Morgan fingerprint density at radius 1 is 1.47 bits per heavy atom. The van der Waals surface area contributed by atoms with Crippen molar-refractivity contribution < 1.29 is 4.92 Å². The molecule has 0 bridgehead atoms. The number of benzene rings is 1. The second kappa shape index (κ2) is 2.79. The summed E-state index contributed by atoms with van der Waals surface area (Å²) in [5, 5.41) is 18.6. The Labute approximate surface area is 85.3 Å². The number of H-pyrrole nitrogens is 1. The zero-order valence-electron chi connectivity index (χ0n) is 7.93. The minimum atomic E-state index is -0.344. The van der Waals surface area contributed by atoms with Gasteiger partial charge in [0, 0.05) is 12.0 Å². The van der Waals surface area contributed by atoms with Gasteiger partial charge in [-0.05, 0) is 18.9 Å². The maximum absolute atomic E-state index is 10.9. The molecule has 1 heterocycles. The van der Waals surface area contributed by atoms with Crippen molar-refractivity contribution in [1.29, 1.82) is 0 Å². The molecule has 0 spiro atoms. The topological polar surface area (TPSA) is 71.8 Å². The lowest BCUT2D eigenvalue weighted by atomic mass is 10.1. The first kappa shape index (κ1) is 8.40. The Balaban J connectivity index is 2.33. The molecule has 0 aliphatic heterocycles. The van der Waals surface area contributed by atoms with Crippen LogP contribution in [0.4, 0.5) is 5.69 Å². The fourth-order valence-electron chi connectivity index (χ4n) is 1.89. The number of hydrogen-bond acceptors (Lipinski definition) is 3. The highest BCUT2D eigenvalue weighted by Gasteiger charge is 2.30. The number of nitrogens with zero attached hydrogens (tertiary/aromatic N) is 2. The summed E-state index contributed by atoms with van der Waals surface area (Å²) in [4.78, 5) is 10.5. The molecule has 76 valence electrons. The molecule has 0 radical (unpaired) electrons. The summed E-state index contributed by atoms with van der Waals surface area (Å²) in [5.41, 5.74) is 1.77. The van der Waals surface area contributed by atoms with E-state index in [0.29, 0.717) is 16.8 Å². The van der Waals surface area contributed by atoms with Gasteiger partial charge in [-0.15, -0.1) is 0 Å². The van der Waals surface area contributed by atoms with Gasteiger partial charge in [0.2, 0.25) is 0 Å². The molecule has 1 saturated carbocycles. The molecule has 2 aromatic rings. The van der Waals surface area contributed by atoms with Gasteiger partial charge in [-0.3, -0.25) is 15.2 Å². The highest BCUT2D eigenvalue weighted by molar-refractivity contribution is 5.91. The summed E-state index contributed by atoms with van der Waals surface area (Å²) in [6.45, 7) is 0. The first-order valence-corrected chi connectivity index (χ1v) is 4.89. The van der Waals surface area contributed by atoms with Crippen molar-refractivity contribution in [3.63, 3.8) is 0 Å².